The molecule has 0 aromatic carbocycles. The summed E-state index contributed by atoms with van der Waals surface area (Å²) in [5, 5.41) is 3.06. The molecule has 7 heteroatoms. The van der Waals surface area contributed by atoms with Crippen molar-refractivity contribution in [1.29, 1.82) is 0 Å². The molecule has 1 aromatic heterocycles. The van der Waals surface area contributed by atoms with E-state index in [1.165, 1.54) is 0 Å². The molecule has 0 spiro atoms. The zero-order valence-electron chi connectivity index (χ0n) is 11.1. The van der Waals surface area contributed by atoms with Gasteiger partial charge in [0.1, 0.15) is 0 Å². The van der Waals surface area contributed by atoms with Crippen molar-refractivity contribution in [3.8, 4) is 6.01 Å². The van der Waals surface area contributed by atoms with Gasteiger partial charge in [0, 0.05) is 19.8 Å². The average Bonchev–Trinajstić information content (AvgIpc) is 2.27. The van der Waals surface area contributed by atoms with E-state index < -0.39 is 0 Å². The number of nitrogen functional groups attached to an aromatic ring is 1. The summed E-state index contributed by atoms with van der Waals surface area (Å²) in [6, 6.07) is 0.241. The van der Waals surface area contributed by atoms with E-state index in [0.717, 1.165) is 13.0 Å². The van der Waals surface area contributed by atoms with Gasteiger partial charge in [-0.1, -0.05) is 0 Å². The fourth-order valence-corrected chi connectivity index (χ4v) is 1.23. The molecule has 0 unspecified atom stereocenters. The van der Waals surface area contributed by atoms with Crippen molar-refractivity contribution < 1.29 is 9.47 Å². The summed E-state index contributed by atoms with van der Waals surface area (Å²) in [7, 11) is 0. The minimum atomic E-state index is -0.00222. The Morgan fingerprint density at radius 2 is 2.06 bits per heavy atom. The van der Waals surface area contributed by atoms with Crippen LogP contribution in [0.3, 0.4) is 0 Å². The number of ether oxygens (including phenoxy) is 2. The summed E-state index contributed by atoms with van der Waals surface area (Å²) in [5.41, 5.74) is 5.58. The van der Waals surface area contributed by atoms with Gasteiger partial charge in [-0.05, 0) is 27.2 Å². The minimum Gasteiger partial charge on any atom is -0.461 e. The van der Waals surface area contributed by atoms with Gasteiger partial charge in [0.15, 0.2) is 0 Å². The second-order valence-electron chi connectivity index (χ2n) is 3.94. The molecular weight excluding hydrogens is 234 g/mol. The molecule has 0 aliphatic heterocycles. The molecule has 7 nitrogen and oxygen atoms in total. The summed E-state index contributed by atoms with van der Waals surface area (Å²) in [4.78, 5) is 12.0. The van der Waals surface area contributed by atoms with Crippen molar-refractivity contribution >= 4 is 11.9 Å². The van der Waals surface area contributed by atoms with Crippen molar-refractivity contribution in [2.75, 3.05) is 30.8 Å². The molecule has 102 valence electrons. The van der Waals surface area contributed by atoms with Crippen molar-refractivity contribution in [3.63, 3.8) is 0 Å². The van der Waals surface area contributed by atoms with Crippen LogP contribution in [0.25, 0.3) is 0 Å². The summed E-state index contributed by atoms with van der Waals surface area (Å²) in [6.45, 7) is 7.91. The van der Waals surface area contributed by atoms with Gasteiger partial charge in [-0.25, -0.2) is 0 Å². The third kappa shape index (κ3) is 5.62. The molecule has 0 saturated heterocycles. The lowest BCUT2D eigenvalue weighted by atomic mass is 10.4. The van der Waals surface area contributed by atoms with Gasteiger partial charge in [-0.3, -0.25) is 0 Å². The highest BCUT2D eigenvalue weighted by Crippen LogP contribution is 2.10. The lowest BCUT2D eigenvalue weighted by Gasteiger charge is -2.10. The van der Waals surface area contributed by atoms with Crippen LogP contribution in [0.5, 0.6) is 6.01 Å². The Morgan fingerprint density at radius 3 is 2.72 bits per heavy atom. The van der Waals surface area contributed by atoms with Gasteiger partial charge >= 0.3 is 6.01 Å². The van der Waals surface area contributed by atoms with Crippen LogP contribution in [0.2, 0.25) is 0 Å². The average molecular weight is 255 g/mol. The van der Waals surface area contributed by atoms with Gasteiger partial charge in [0.25, 0.3) is 0 Å². The minimum absolute atomic E-state index is 0.00222. The summed E-state index contributed by atoms with van der Waals surface area (Å²) < 4.78 is 10.6. The molecule has 0 atom stereocenters. The van der Waals surface area contributed by atoms with Crippen molar-refractivity contribution in [2.45, 2.75) is 33.3 Å². The van der Waals surface area contributed by atoms with Crippen LogP contribution in [0, 0.1) is 0 Å². The van der Waals surface area contributed by atoms with Crippen LogP contribution in [0.4, 0.5) is 11.9 Å². The molecule has 18 heavy (non-hydrogen) atoms. The SMILES string of the molecule is CCOCCCNc1nc(N)nc(OC(C)C)n1. The molecule has 0 aliphatic rings. The zero-order valence-corrected chi connectivity index (χ0v) is 11.1. The number of anilines is 2. The van der Waals surface area contributed by atoms with Gasteiger partial charge in [-0.2, -0.15) is 15.0 Å². The summed E-state index contributed by atoms with van der Waals surface area (Å²) >= 11 is 0. The maximum absolute atomic E-state index is 5.58. The fraction of sp³-hybridized carbons (Fsp3) is 0.727. The maximum atomic E-state index is 5.58. The third-order valence-electron chi connectivity index (χ3n) is 1.93. The standard InChI is InChI=1S/C11H21N5O2/c1-4-17-7-5-6-13-10-14-9(12)15-11(16-10)18-8(2)3/h8H,4-7H2,1-3H3,(H3,12,13,14,15,16). The Balaban J connectivity index is 2.46. The highest BCUT2D eigenvalue weighted by molar-refractivity contribution is 5.32. The second kappa shape index (κ2) is 7.65. The first-order valence-corrected chi connectivity index (χ1v) is 6.11. The van der Waals surface area contributed by atoms with E-state index in [-0.39, 0.29) is 18.1 Å². The van der Waals surface area contributed by atoms with Gasteiger partial charge in [-0.15, -0.1) is 0 Å². The van der Waals surface area contributed by atoms with Crippen LogP contribution in [-0.4, -0.2) is 40.8 Å². The number of nitrogens with one attached hydrogen (secondary N) is 1. The molecule has 0 radical (unpaired) electrons. The number of nitrogens with two attached hydrogens (primary N) is 1. The van der Waals surface area contributed by atoms with E-state index in [9.17, 15) is 0 Å². The Labute approximate surface area is 107 Å². The molecule has 0 amide bonds. The molecule has 1 rings (SSSR count). The molecule has 0 bridgehead atoms. The Morgan fingerprint density at radius 1 is 1.28 bits per heavy atom. The van der Waals surface area contributed by atoms with E-state index in [4.69, 9.17) is 15.2 Å². The number of nitrogens with zero attached hydrogens (tertiary/aromatic N) is 3. The van der Waals surface area contributed by atoms with Crippen LogP contribution in [-0.2, 0) is 4.74 Å². The van der Waals surface area contributed by atoms with Gasteiger partial charge in [0.05, 0.1) is 6.10 Å². The van der Waals surface area contributed by atoms with Crippen molar-refractivity contribution in [1.82, 2.24) is 15.0 Å². The number of hydrogen-bond donors (Lipinski definition) is 2. The molecule has 3 N–H and O–H groups in total. The van der Waals surface area contributed by atoms with E-state index in [2.05, 4.69) is 20.3 Å². The molecule has 0 fully saturated rings. The fourth-order valence-electron chi connectivity index (χ4n) is 1.23. The third-order valence-corrected chi connectivity index (χ3v) is 1.93. The lowest BCUT2D eigenvalue weighted by Crippen LogP contribution is -2.14. The van der Waals surface area contributed by atoms with Gasteiger partial charge in [0.2, 0.25) is 11.9 Å². The summed E-state index contributed by atoms with van der Waals surface area (Å²) in [6.07, 6.45) is 0.873. The second-order valence-corrected chi connectivity index (χ2v) is 3.94. The van der Waals surface area contributed by atoms with Crippen LogP contribution >= 0.6 is 0 Å². The largest absolute Gasteiger partial charge is 0.461 e. The zero-order chi connectivity index (χ0) is 13.4. The smallest absolute Gasteiger partial charge is 0.323 e. The molecule has 1 heterocycles. The van der Waals surface area contributed by atoms with Crippen LogP contribution < -0.4 is 15.8 Å². The quantitative estimate of drug-likeness (QED) is 0.671. The van der Waals surface area contributed by atoms with Crippen LogP contribution in [0.15, 0.2) is 0 Å². The first-order chi connectivity index (χ1) is 8.61. The first kappa shape index (κ1) is 14.4. The number of aromatic nitrogens is 3. The van der Waals surface area contributed by atoms with E-state index in [1.54, 1.807) is 0 Å². The Hall–Kier alpha value is -1.63. The van der Waals surface area contributed by atoms with Gasteiger partial charge < -0.3 is 20.5 Å². The predicted octanol–water partition coefficient (Wildman–Crippen LogP) is 1.08. The highest BCUT2D eigenvalue weighted by atomic mass is 16.5. The normalized spacial score (nSPS) is 10.7. The Kier molecular flexibility index (Phi) is 6.13. The molecule has 0 aliphatic carbocycles. The first-order valence-electron chi connectivity index (χ1n) is 6.11. The van der Waals surface area contributed by atoms with E-state index in [0.29, 0.717) is 19.1 Å². The predicted molar refractivity (Wildman–Crippen MR) is 69.6 cm³/mol. The van der Waals surface area contributed by atoms with E-state index >= 15 is 0 Å². The monoisotopic (exact) mass is 255 g/mol. The van der Waals surface area contributed by atoms with Crippen LogP contribution in [0.1, 0.15) is 27.2 Å². The summed E-state index contributed by atoms with van der Waals surface area (Å²) in [5.74, 6) is 0.572. The molecule has 0 saturated carbocycles. The number of hydrogen-bond acceptors (Lipinski definition) is 7. The van der Waals surface area contributed by atoms with Crippen molar-refractivity contribution in [2.24, 2.45) is 0 Å². The number of rotatable bonds is 8. The van der Waals surface area contributed by atoms with E-state index in [1.807, 2.05) is 20.8 Å². The topological polar surface area (TPSA) is 95.2 Å². The molecular formula is C11H21N5O2. The maximum Gasteiger partial charge on any atom is 0.323 e. The Bertz CT molecular complexity index is 359. The van der Waals surface area contributed by atoms with Crippen molar-refractivity contribution in [3.05, 3.63) is 0 Å². The lowest BCUT2D eigenvalue weighted by molar-refractivity contribution is 0.147. The molecule has 1 aromatic rings. The highest BCUT2D eigenvalue weighted by Gasteiger charge is 2.06.